The van der Waals surface area contributed by atoms with Gasteiger partial charge in [0.25, 0.3) is 5.91 Å². The van der Waals surface area contributed by atoms with Crippen LogP contribution in [0.1, 0.15) is 73.1 Å². The lowest BCUT2D eigenvalue weighted by Gasteiger charge is -2.43. The fourth-order valence-electron chi connectivity index (χ4n) is 9.08. The van der Waals surface area contributed by atoms with Gasteiger partial charge in [0.05, 0.1) is 58.6 Å². The highest BCUT2D eigenvalue weighted by molar-refractivity contribution is 6.05. The summed E-state index contributed by atoms with van der Waals surface area (Å²) >= 11 is 0. The molecular formula is C43H51N11O4. The highest BCUT2D eigenvalue weighted by Gasteiger charge is 2.31. The van der Waals surface area contributed by atoms with Gasteiger partial charge < -0.3 is 19.1 Å². The first kappa shape index (κ1) is 37.7. The number of nitrogens with one attached hydrogen (secondary N) is 2. The van der Waals surface area contributed by atoms with Gasteiger partial charge in [0.15, 0.2) is 0 Å². The van der Waals surface area contributed by atoms with Crippen molar-refractivity contribution >= 4 is 46.1 Å². The number of fused-ring (bicyclic) bond motifs is 7. The summed E-state index contributed by atoms with van der Waals surface area (Å²) in [7, 11) is 1.86. The van der Waals surface area contributed by atoms with E-state index in [2.05, 4.69) is 71.2 Å². The minimum Gasteiger partial charge on any atom is -0.477 e. The van der Waals surface area contributed by atoms with Gasteiger partial charge in [0.2, 0.25) is 23.6 Å². The Balaban J connectivity index is 0.863. The summed E-state index contributed by atoms with van der Waals surface area (Å²) in [5.74, 6) is 0.444. The standard InChI is InChI=1S/C43H51N11O4/c1-27-5-4-20-58-42-34(25-45-50(42)3)37-22-29(21-28(2)46-37)40(56)49-43-47-36-10-6-31(23-38(36)54(43)26-27)53-18-16-52(17-19-53)30-12-14-51(15-13-30)32-7-9-35(44-24-32)33-8-11-39(55)48-41(33)57/h6-7,9-10,21-25,27,30,33H,4-5,8,11-20,26H2,1-3H3,(H,47,49,56)(H,48,55,57)/t27-,33-/m1/s1. The van der Waals surface area contributed by atoms with Crippen LogP contribution in [0, 0.1) is 12.8 Å². The van der Waals surface area contributed by atoms with E-state index in [0.717, 1.165) is 98.6 Å². The molecule has 15 heteroatoms. The molecule has 9 rings (SSSR count). The number of aromatic nitrogens is 6. The Morgan fingerprint density at radius 2 is 1.62 bits per heavy atom. The van der Waals surface area contributed by atoms with Crippen molar-refractivity contribution < 1.29 is 19.1 Å². The number of rotatable bonds is 4. The zero-order valence-electron chi connectivity index (χ0n) is 33.5. The highest BCUT2D eigenvalue weighted by Crippen LogP contribution is 2.33. The molecule has 8 heterocycles. The van der Waals surface area contributed by atoms with Crippen molar-refractivity contribution in [3.05, 3.63) is 71.8 Å². The summed E-state index contributed by atoms with van der Waals surface area (Å²) in [6, 6.07) is 14.6. The van der Waals surface area contributed by atoms with E-state index in [1.165, 1.54) is 5.69 Å². The van der Waals surface area contributed by atoms with E-state index in [0.29, 0.717) is 61.0 Å². The third-order valence-corrected chi connectivity index (χ3v) is 12.3. The Kier molecular flexibility index (Phi) is 10.3. The molecule has 3 amide bonds. The second-order valence-corrected chi connectivity index (χ2v) is 16.3. The van der Waals surface area contributed by atoms with Gasteiger partial charge in [-0.05, 0) is 87.4 Å². The average Bonchev–Trinajstić information content (AvgIpc) is 3.77. The number of aryl methyl sites for hydroxylation is 2. The fourth-order valence-corrected chi connectivity index (χ4v) is 9.08. The molecule has 0 aliphatic carbocycles. The number of benzene rings is 1. The molecule has 2 atom stereocenters. The van der Waals surface area contributed by atoms with Crippen LogP contribution in [0.15, 0.2) is 54.9 Å². The molecule has 5 aromatic rings. The topological polar surface area (TPSA) is 156 Å². The van der Waals surface area contributed by atoms with Crippen LogP contribution in [-0.2, 0) is 23.2 Å². The third kappa shape index (κ3) is 7.62. The fraction of sp³-hybridized carbons (Fsp3) is 0.465. The van der Waals surface area contributed by atoms with Crippen molar-refractivity contribution in [2.75, 3.05) is 61.0 Å². The first-order chi connectivity index (χ1) is 28.2. The maximum Gasteiger partial charge on any atom is 0.258 e. The van der Waals surface area contributed by atoms with Gasteiger partial charge in [-0.15, -0.1) is 0 Å². The number of hydrogen-bond acceptors (Lipinski definition) is 11. The van der Waals surface area contributed by atoms with Crippen molar-refractivity contribution in [2.24, 2.45) is 13.0 Å². The van der Waals surface area contributed by atoms with E-state index in [-0.39, 0.29) is 23.6 Å². The lowest BCUT2D eigenvalue weighted by Crippen LogP contribution is -2.53. The molecule has 4 aromatic heterocycles. The normalized spacial score (nSPS) is 21.4. The molecule has 0 unspecified atom stereocenters. The number of piperazine rings is 1. The average molecular weight is 786 g/mol. The summed E-state index contributed by atoms with van der Waals surface area (Å²) in [6.45, 7) is 11.2. The SMILES string of the molecule is Cc1cc2cc(n1)-c1cnn(C)c1OCCC[C@@H](C)Cn1c(nc3ccc(N4CCN(C5CCN(c6ccc([C@H]7CCC(=O)NC7=O)nc6)CC5)CC4)cc31)NC2=O. The summed E-state index contributed by atoms with van der Waals surface area (Å²) < 4.78 is 10.2. The Bertz CT molecular complexity index is 2340. The van der Waals surface area contributed by atoms with Crippen molar-refractivity contribution in [1.29, 1.82) is 0 Å². The van der Waals surface area contributed by atoms with E-state index >= 15 is 0 Å². The van der Waals surface area contributed by atoms with Crippen molar-refractivity contribution in [2.45, 2.75) is 70.9 Å². The second-order valence-electron chi connectivity index (χ2n) is 16.3. The van der Waals surface area contributed by atoms with Crippen molar-refractivity contribution in [3.63, 3.8) is 0 Å². The van der Waals surface area contributed by atoms with Crippen molar-refractivity contribution in [3.8, 4) is 17.1 Å². The predicted molar refractivity (Wildman–Crippen MR) is 221 cm³/mol. The Hall–Kier alpha value is -5.83. The number of carbonyl (C=O) groups is 3. The van der Waals surface area contributed by atoms with Crippen LogP contribution < -0.4 is 25.2 Å². The third-order valence-electron chi connectivity index (χ3n) is 12.3. The van der Waals surface area contributed by atoms with Crippen LogP contribution in [0.5, 0.6) is 5.88 Å². The van der Waals surface area contributed by atoms with E-state index < -0.39 is 0 Å². The number of imide groups is 1. The van der Waals surface area contributed by atoms with Gasteiger partial charge in [0.1, 0.15) is 0 Å². The number of ether oxygens (including phenoxy) is 1. The number of anilines is 3. The number of pyridine rings is 2. The molecular weight excluding hydrogens is 735 g/mol. The number of nitrogens with zero attached hydrogens (tertiary/aromatic N) is 9. The molecule has 4 aliphatic heterocycles. The first-order valence-electron chi connectivity index (χ1n) is 20.7. The number of hydrogen-bond donors (Lipinski definition) is 2. The van der Waals surface area contributed by atoms with Gasteiger partial charge in [-0.25, -0.2) is 9.67 Å². The van der Waals surface area contributed by atoms with Crippen LogP contribution in [-0.4, -0.2) is 104 Å². The van der Waals surface area contributed by atoms with E-state index in [4.69, 9.17) is 14.7 Å². The molecule has 4 aliphatic rings. The van der Waals surface area contributed by atoms with E-state index in [1.807, 2.05) is 26.2 Å². The number of imidazole rings is 1. The second kappa shape index (κ2) is 15.8. The maximum absolute atomic E-state index is 13.9. The zero-order valence-corrected chi connectivity index (χ0v) is 33.5. The van der Waals surface area contributed by atoms with Crippen LogP contribution in [0.4, 0.5) is 17.3 Å². The largest absolute Gasteiger partial charge is 0.477 e. The maximum atomic E-state index is 13.9. The molecule has 15 nitrogen and oxygen atoms in total. The minimum absolute atomic E-state index is 0.208. The van der Waals surface area contributed by atoms with E-state index in [1.54, 1.807) is 23.0 Å². The van der Waals surface area contributed by atoms with Crippen molar-refractivity contribution in [1.82, 2.24) is 39.5 Å². The lowest BCUT2D eigenvalue weighted by molar-refractivity contribution is -0.134. The lowest BCUT2D eigenvalue weighted by atomic mass is 9.94. The molecule has 3 saturated heterocycles. The van der Waals surface area contributed by atoms with E-state index in [9.17, 15) is 14.4 Å². The zero-order chi connectivity index (χ0) is 39.9. The Labute approximate surface area is 337 Å². The quantitative estimate of drug-likeness (QED) is 0.239. The molecule has 0 spiro atoms. The molecule has 3 fully saturated rings. The molecule has 2 bridgehead atoms. The van der Waals surface area contributed by atoms with Gasteiger partial charge in [-0.2, -0.15) is 5.10 Å². The highest BCUT2D eigenvalue weighted by atomic mass is 16.5. The summed E-state index contributed by atoms with van der Waals surface area (Å²) in [5, 5.41) is 10.0. The van der Waals surface area contributed by atoms with Crippen LogP contribution in [0.2, 0.25) is 0 Å². The summed E-state index contributed by atoms with van der Waals surface area (Å²) in [5.41, 5.74) is 7.48. The minimum atomic E-state index is -0.363. The Morgan fingerprint density at radius 1 is 0.828 bits per heavy atom. The molecule has 302 valence electrons. The van der Waals surface area contributed by atoms with Crippen LogP contribution in [0.3, 0.4) is 0 Å². The van der Waals surface area contributed by atoms with Gasteiger partial charge in [0, 0.05) is 82.3 Å². The number of carbonyl (C=O) groups excluding carboxylic acids is 3. The summed E-state index contributed by atoms with van der Waals surface area (Å²) in [6.07, 6.45) is 8.47. The van der Waals surface area contributed by atoms with Crippen LogP contribution >= 0.6 is 0 Å². The predicted octanol–water partition coefficient (Wildman–Crippen LogP) is 4.91. The molecule has 2 N–H and O–H groups in total. The molecule has 1 aromatic carbocycles. The molecule has 58 heavy (non-hydrogen) atoms. The first-order valence-corrected chi connectivity index (χ1v) is 20.7. The molecule has 0 radical (unpaired) electrons. The van der Waals surface area contributed by atoms with Gasteiger partial charge in [-0.1, -0.05) is 6.92 Å². The monoisotopic (exact) mass is 785 g/mol. The summed E-state index contributed by atoms with van der Waals surface area (Å²) in [4.78, 5) is 59.6. The Morgan fingerprint density at radius 3 is 2.40 bits per heavy atom. The molecule has 0 saturated carbocycles. The van der Waals surface area contributed by atoms with Gasteiger partial charge in [-0.3, -0.25) is 39.9 Å². The smallest absolute Gasteiger partial charge is 0.258 e. The van der Waals surface area contributed by atoms with Crippen LogP contribution in [0.25, 0.3) is 22.3 Å². The number of amides is 3. The van der Waals surface area contributed by atoms with Gasteiger partial charge >= 0.3 is 0 Å². The number of piperidine rings is 2.